The summed E-state index contributed by atoms with van der Waals surface area (Å²) in [6.45, 7) is 4.77. The number of amides is 3. The van der Waals surface area contributed by atoms with Gasteiger partial charge in [0, 0.05) is 42.5 Å². The van der Waals surface area contributed by atoms with Crippen molar-refractivity contribution in [3.05, 3.63) is 78.0 Å². The fourth-order valence-electron chi connectivity index (χ4n) is 4.47. The first-order valence-electron chi connectivity index (χ1n) is 13.2. The SMILES string of the molecule is C=CC(=O)Nc1cccc(Oc2nc(Nc3ccc(C(=O)N4CCC(CCCC(=O)NO)CC4)cc3)ncc2Cl)c1. The molecule has 4 rings (SSSR count). The highest BCUT2D eigenvalue weighted by Crippen LogP contribution is 2.30. The predicted molar refractivity (Wildman–Crippen MR) is 155 cm³/mol. The number of hydrogen-bond acceptors (Lipinski definition) is 8. The molecule has 0 bridgehead atoms. The first-order valence-corrected chi connectivity index (χ1v) is 13.6. The van der Waals surface area contributed by atoms with Crippen molar-refractivity contribution in [3.63, 3.8) is 0 Å². The Labute approximate surface area is 242 Å². The van der Waals surface area contributed by atoms with Crippen molar-refractivity contribution in [3.8, 4) is 11.6 Å². The van der Waals surface area contributed by atoms with E-state index in [0.29, 0.717) is 54.5 Å². The van der Waals surface area contributed by atoms with E-state index in [1.807, 2.05) is 4.90 Å². The Balaban J connectivity index is 1.32. The van der Waals surface area contributed by atoms with Gasteiger partial charge in [-0.2, -0.15) is 4.98 Å². The van der Waals surface area contributed by atoms with Crippen molar-refractivity contribution in [2.75, 3.05) is 23.7 Å². The smallest absolute Gasteiger partial charge is 0.253 e. The second-order valence-corrected chi connectivity index (χ2v) is 9.94. The van der Waals surface area contributed by atoms with E-state index in [1.54, 1.807) is 54.0 Å². The molecule has 0 atom stereocenters. The number of likely N-dealkylation sites (tertiary alicyclic amines) is 1. The van der Waals surface area contributed by atoms with E-state index in [4.69, 9.17) is 21.5 Å². The van der Waals surface area contributed by atoms with Crippen LogP contribution in [0.5, 0.6) is 11.6 Å². The van der Waals surface area contributed by atoms with E-state index in [9.17, 15) is 14.4 Å². The number of piperidine rings is 1. The Kier molecular flexibility index (Phi) is 10.2. The van der Waals surface area contributed by atoms with Crippen molar-refractivity contribution < 1.29 is 24.3 Å². The largest absolute Gasteiger partial charge is 0.437 e. The number of anilines is 3. The van der Waals surface area contributed by atoms with Crippen molar-refractivity contribution in [1.29, 1.82) is 0 Å². The Morgan fingerprint density at radius 2 is 1.88 bits per heavy atom. The molecule has 1 aromatic heterocycles. The summed E-state index contributed by atoms with van der Waals surface area (Å²) in [6.07, 6.45) is 6.28. The third-order valence-corrected chi connectivity index (χ3v) is 6.90. The van der Waals surface area contributed by atoms with E-state index < -0.39 is 0 Å². The summed E-state index contributed by atoms with van der Waals surface area (Å²) in [6, 6.07) is 13.8. The summed E-state index contributed by atoms with van der Waals surface area (Å²) in [4.78, 5) is 46.2. The molecule has 12 heteroatoms. The molecule has 2 aromatic carbocycles. The van der Waals surface area contributed by atoms with Gasteiger partial charge in [0.1, 0.15) is 10.8 Å². The van der Waals surface area contributed by atoms with Gasteiger partial charge in [0.2, 0.25) is 23.6 Å². The number of nitrogens with zero attached hydrogens (tertiary/aromatic N) is 3. The van der Waals surface area contributed by atoms with Crippen molar-refractivity contribution in [2.45, 2.75) is 32.1 Å². The zero-order chi connectivity index (χ0) is 29.2. The van der Waals surface area contributed by atoms with Crippen molar-refractivity contribution in [2.24, 2.45) is 5.92 Å². The first-order chi connectivity index (χ1) is 19.8. The topological polar surface area (TPSA) is 146 Å². The maximum atomic E-state index is 13.0. The number of benzene rings is 2. The van der Waals surface area contributed by atoms with Crippen LogP contribution in [0.2, 0.25) is 5.02 Å². The zero-order valence-corrected chi connectivity index (χ0v) is 23.1. The van der Waals surface area contributed by atoms with Crippen LogP contribution in [0.1, 0.15) is 42.5 Å². The number of carbonyl (C=O) groups is 3. The Morgan fingerprint density at radius 3 is 2.59 bits per heavy atom. The van der Waals surface area contributed by atoms with Gasteiger partial charge in [-0.05, 0) is 74.1 Å². The minimum absolute atomic E-state index is 0.0282. The third-order valence-electron chi connectivity index (χ3n) is 6.64. The molecule has 4 N–H and O–H groups in total. The highest BCUT2D eigenvalue weighted by atomic mass is 35.5. The standard InChI is InChI=1S/C29H31ClN6O5/c1-2-25(37)32-22-6-4-7-23(17-22)41-27-24(30)18-31-29(34-27)33-21-11-9-20(10-12-21)28(39)36-15-13-19(14-16-36)5-3-8-26(38)35-40/h2,4,6-7,9-12,17-19,40H,1,3,5,8,13-16H2,(H,32,37)(H,35,38)(H,31,33,34). The maximum Gasteiger partial charge on any atom is 0.253 e. The van der Waals surface area contributed by atoms with Gasteiger partial charge in [0.15, 0.2) is 0 Å². The molecule has 41 heavy (non-hydrogen) atoms. The van der Waals surface area contributed by atoms with Gasteiger partial charge in [0.25, 0.3) is 5.91 Å². The van der Waals surface area contributed by atoms with Crippen LogP contribution in [0, 0.1) is 5.92 Å². The molecule has 3 amide bonds. The summed E-state index contributed by atoms with van der Waals surface area (Å²) in [5.41, 5.74) is 3.44. The second-order valence-electron chi connectivity index (χ2n) is 9.54. The van der Waals surface area contributed by atoms with Gasteiger partial charge in [0.05, 0.1) is 6.20 Å². The Hall–Kier alpha value is -4.48. The molecule has 0 saturated carbocycles. The monoisotopic (exact) mass is 578 g/mol. The average molecular weight is 579 g/mol. The van der Waals surface area contributed by atoms with Crippen LogP contribution in [0.4, 0.5) is 17.3 Å². The summed E-state index contributed by atoms with van der Waals surface area (Å²) in [5.74, 6) is 0.517. The Morgan fingerprint density at radius 1 is 1.12 bits per heavy atom. The molecule has 1 saturated heterocycles. The zero-order valence-electron chi connectivity index (χ0n) is 22.3. The molecule has 214 valence electrons. The van der Waals surface area contributed by atoms with Gasteiger partial charge in [-0.1, -0.05) is 24.2 Å². The molecule has 0 spiro atoms. The number of aromatic nitrogens is 2. The van der Waals surface area contributed by atoms with Crippen LogP contribution in [-0.4, -0.2) is 50.9 Å². The summed E-state index contributed by atoms with van der Waals surface area (Å²) in [5, 5.41) is 14.6. The lowest BCUT2D eigenvalue weighted by molar-refractivity contribution is -0.129. The van der Waals surface area contributed by atoms with Crippen LogP contribution in [-0.2, 0) is 9.59 Å². The molecule has 3 aromatic rings. The number of hydrogen-bond donors (Lipinski definition) is 4. The average Bonchev–Trinajstić information content (AvgIpc) is 2.99. The number of hydroxylamine groups is 1. The molecule has 11 nitrogen and oxygen atoms in total. The minimum atomic E-state index is -0.370. The normalized spacial score (nSPS) is 13.3. The van der Waals surface area contributed by atoms with Crippen LogP contribution in [0.3, 0.4) is 0 Å². The fourth-order valence-corrected chi connectivity index (χ4v) is 4.59. The van der Waals surface area contributed by atoms with E-state index >= 15 is 0 Å². The first kappa shape index (κ1) is 29.5. The number of halogens is 1. The summed E-state index contributed by atoms with van der Waals surface area (Å²) >= 11 is 6.25. The van der Waals surface area contributed by atoms with E-state index in [1.165, 1.54) is 12.3 Å². The molecule has 2 heterocycles. The van der Waals surface area contributed by atoms with Crippen LogP contribution in [0.15, 0.2) is 67.4 Å². The summed E-state index contributed by atoms with van der Waals surface area (Å²) < 4.78 is 5.83. The second kappa shape index (κ2) is 14.2. The fraction of sp³-hybridized carbons (Fsp3) is 0.276. The predicted octanol–water partition coefficient (Wildman–Crippen LogP) is 5.32. The third kappa shape index (κ3) is 8.50. The van der Waals surface area contributed by atoms with Gasteiger partial charge in [-0.25, -0.2) is 10.5 Å². The molecule has 1 aliphatic rings. The molecule has 1 fully saturated rings. The number of carbonyl (C=O) groups excluding carboxylic acids is 3. The summed E-state index contributed by atoms with van der Waals surface area (Å²) in [7, 11) is 0. The highest BCUT2D eigenvalue weighted by molar-refractivity contribution is 6.31. The highest BCUT2D eigenvalue weighted by Gasteiger charge is 2.23. The van der Waals surface area contributed by atoms with Crippen LogP contribution in [0.25, 0.3) is 0 Å². The van der Waals surface area contributed by atoms with Crippen LogP contribution >= 0.6 is 11.6 Å². The number of nitrogens with one attached hydrogen (secondary N) is 3. The molecular weight excluding hydrogens is 548 g/mol. The van der Waals surface area contributed by atoms with Gasteiger partial charge in [-0.15, -0.1) is 0 Å². The van der Waals surface area contributed by atoms with E-state index in [2.05, 4.69) is 27.2 Å². The molecule has 0 aliphatic carbocycles. The van der Waals surface area contributed by atoms with Gasteiger partial charge < -0.3 is 20.3 Å². The van der Waals surface area contributed by atoms with Gasteiger partial charge in [-0.3, -0.25) is 19.6 Å². The molecule has 0 radical (unpaired) electrons. The maximum absolute atomic E-state index is 13.0. The Bertz CT molecular complexity index is 1390. The lowest BCUT2D eigenvalue weighted by Gasteiger charge is -2.32. The van der Waals surface area contributed by atoms with Gasteiger partial charge >= 0.3 is 0 Å². The quantitative estimate of drug-likeness (QED) is 0.136. The van der Waals surface area contributed by atoms with Crippen LogP contribution < -0.4 is 20.9 Å². The molecule has 0 unspecified atom stereocenters. The minimum Gasteiger partial charge on any atom is -0.437 e. The van der Waals surface area contributed by atoms with Crippen molar-refractivity contribution in [1.82, 2.24) is 20.3 Å². The van der Waals surface area contributed by atoms with Crippen molar-refractivity contribution >= 4 is 46.6 Å². The lowest BCUT2D eigenvalue weighted by atomic mass is 9.91. The molecular formula is C29H31ClN6O5. The number of rotatable bonds is 11. The molecule has 1 aliphatic heterocycles. The number of ether oxygens (including phenoxy) is 1. The van der Waals surface area contributed by atoms with E-state index in [-0.39, 0.29) is 34.6 Å². The lowest BCUT2D eigenvalue weighted by Crippen LogP contribution is -2.38. The van der Waals surface area contributed by atoms with E-state index in [0.717, 1.165) is 19.3 Å².